The minimum atomic E-state index is -0.494. The van der Waals surface area contributed by atoms with Crippen LogP contribution < -0.4 is 5.73 Å². The van der Waals surface area contributed by atoms with E-state index in [1.165, 1.54) is 29.8 Å². The van der Waals surface area contributed by atoms with Gasteiger partial charge in [0.1, 0.15) is 11.5 Å². The van der Waals surface area contributed by atoms with E-state index in [-0.39, 0.29) is 17.2 Å². The van der Waals surface area contributed by atoms with E-state index in [0.717, 1.165) is 32.4 Å². The number of benzene rings is 2. The van der Waals surface area contributed by atoms with Crippen LogP contribution in [-0.4, -0.2) is 29.5 Å². The molecule has 0 unspecified atom stereocenters. The molecule has 0 saturated carbocycles. The zero-order valence-electron chi connectivity index (χ0n) is 15.0. The summed E-state index contributed by atoms with van der Waals surface area (Å²) in [5.74, 6) is 6.50. The Kier molecular flexibility index (Phi) is 6.05. The number of likely N-dealkylation sites (tertiary alicyclic amines) is 1. The maximum Gasteiger partial charge on any atom is 0.293 e. The number of hydrogen-bond donors (Lipinski definition) is 1. The smallest absolute Gasteiger partial charge is 0.293 e. The molecule has 0 atom stereocenters. The Hall–Kier alpha value is -2.91. The molecule has 0 aliphatic carbocycles. The zero-order valence-corrected chi connectivity index (χ0v) is 15.0. The number of piperidine rings is 1. The zero-order chi connectivity index (χ0) is 19.2. The van der Waals surface area contributed by atoms with Crippen LogP contribution in [0.1, 0.15) is 24.0 Å². The van der Waals surface area contributed by atoms with Crippen molar-refractivity contribution in [3.63, 3.8) is 0 Å². The summed E-state index contributed by atoms with van der Waals surface area (Å²) in [6.07, 6.45) is 3.16. The molecule has 0 bridgehead atoms. The van der Waals surface area contributed by atoms with Crippen LogP contribution in [-0.2, 0) is 6.42 Å². The maximum absolute atomic E-state index is 13.0. The molecule has 1 aliphatic heterocycles. The number of nitrogens with two attached hydrogens (primary N) is 1. The molecule has 5 nitrogen and oxygen atoms in total. The number of halogens is 1. The number of nitro groups is 1. The molecule has 2 aromatic rings. The van der Waals surface area contributed by atoms with Crippen LogP contribution in [0.2, 0.25) is 0 Å². The highest BCUT2D eigenvalue weighted by Gasteiger charge is 2.18. The fraction of sp³-hybridized carbons (Fsp3) is 0.333. The summed E-state index contributed by atoms with van der Waals surface area (Å²) in [6.45, 7) is 2.59. The summed E-state index contributed by atoms with van der Waals surface area (Å²) in [5.41, 5.74) is 7.41. The van der Waals surface area contributed by atoms with Gasteiger partial charge in [0.25, 0.3) is 5.69 Å². The Labute approximate surface area is 158 Å². The summed E-state index contributed by atoms with van der Waals surface area (Å²) in [4.78, 5) is 12.7. The van der Waals surface area contributed by atoms with E-state index in [4.69, 9.17) is 5.73 Å². The molecule has 1 aliphatic rings. The number of nitro benzene ring substituents is 1. The molecule has 0 aromatic heterocycles. The van der Waals surface area contributed by atoms with Crippen LogP contribution in [0.15, 0.2) is 42.5 Å². The lowest BCUT2D eigenvalue weighted by molar-refractivity contribution is -0.383. The third-order valence-corrected chi connectivity index (χ3v) is 4.91. The third-order valence-electron chi connectivity index (χ3n) is 4.91. The van der Waals surface area contributed by atoms with Gasteiger partial charge in [-0.15, -0.1) is 0 Å². The molecule has 1 fully saturated rings. The van der Waals surface area contributed by atoms with Crippen LogP contribution in [0.25, 0.3) is 0 Å². The fourth-order valence-corrected chi connectivity index (χ4v) is 3.34. The van der Waals surface area contributed by atoms with Crippen LogP contribution in [0.3, 0.4) is 0 Å². The Bertz CT molecular complexity index is 863. The van der Waals surface area contributed by atoms with Crippen LogP contribution >= 0.6 is 0 Å². The molecule has 2 aromatic carbocycles. The van der Waals surface area contributed by atoms with Gasteiger partial charge in [0.05, 0.1) is 11.5 Å². The highest BCUT2D eigenvalue weighted by molar-refractivity contribution is 5.61. The minimum absolute atomic E-state index is 0.108. The van der Waals surface area contributed by atoms with Crippen molar-refractivity contribution in [1.29, 1.82) is 0 Å². The standard InChI is InChI=1S/C21H22FN3O2/c22-19-6-3-17(4-7-19)14-18-9-12-24(13-10-18)11-1-2-16-5-8-20(23)21(15-16)25(26)27/h3-8,15,18H,9-14,23H2. The number of hydrogen-bond acceptors (Lipinski definition) is 4. The Morgan fingerprint density at radius 3 is 2.56 bits per heavy atom. The first-order valence-electron chi connectivity index (χ1n) is 9.01. The topological polar surface area (TPSA) is 72.4 Å². The number of nitrogens with zero attached hydrogens (tertiary/aromatic N) is 2. The second kappa shape index (κ2) is 8.65. The lowest BCUT2D eigenvalue weighted by Crippen LogP contribution is -2.34. The second-order valence-electron chi connectivity index (χ2n) is 6.88. The van der Waals surface area contributed by atoms with E-state index < -0.39 is 4.92 Å². The number of nitrogen functional groups attached to an aromatic ring is 1. The maximum atomic E-state index is 13.0. The molecule has 3 rings (SSSR count). The van der Waals surface area contributed by atoms with Crippen molar-refractivity contribution in [3.05, 3.63) is 69.5 Å². The van der Waals surface area contributed by atoms with Crippen LogP contribution in [0.5, 0.6) is 0 Å². The first-order chi connectivity index (χ1) is 13.0. The Morgan fingerprint density at radius 1 is 1.19 bits per heavy atom. The van der Waals surface area contributed by atoms with E-state index in [9.17, 15) is 14.5 Å². The molecule has 140 valence electrons. The molecule has 0 radical (unpaired) electrons. The predicted molar refractivity (Wildman–Crippen MR) is 104 cm³/mol. The molecule has 1 heterocycles. The van der Waals surface area contributed by atoms with E-state index >= 15 is 0 Å². The van der Waals surface area contributed by atoms with Gasteiger partial charge in [0.2, 0.25) is 0 Å². The van der Waals surface area contributed by atoms with Crippen molar-refractivity contribution in [2.45, 2.75) is 19.3 Å². The van der Waals surface area contributed by atoms with Crippen molar-refractivity contribution in [1.82, 2.24) is 4.90 Å². The summed E-state index contributed by atoms with van der Waals surface area (Å²) in [5, 5.41) is 10.9. The molecular formula is C21H22FN3O2. The summed E-state index contributed by atoms with van der Waals surface area (Å²) in [6, 6.07) is 11.4. The van der Waals surface area contributed by atoms with E-state index in [0.29, 0.717) is 18.0 Å². The molecule has 0 spiro atoms. The van der Waals surface area contributed by atoms with Gasteiger partial charge in [0, 0.05) is 11.6 Å². The monoisotopic (exact) mass is 367 g/mol. The van der Waals surface area contributed by atoms with Crippen molar-refractivity contribution in [2.24, 2.45) is 5.92 Å². The van der Waals surface area contributed by atoms with Crippen molar-refractivity contribution in [2.75, 3.05) is 25.4 Å². The summed E-state index contributed by atoms with van der Waals surface area (Å²) in [7, 11) is 0. The normalized spacial score (nSPS) is 15.1. The minimum Gasteiger partial charge on any atom is -0.393 e. The van der Waals surface area contributed by atoms with Crippen molar-refractivity contribution < 1.29 is 9.31 Å². The van der Waals surface area contributed by atoms with Gasteiger partial charge in [-0.05, 0) is 68.1 Å². The number of rotatable bonds is 4. The average Bonchev–Trinajstić information content (AvgIpc) is 2.66. The van der Waals surface area contributed by atoms with Gasteiger partial charge in [-0.3, -0.25) is 15.0 Å². The summed E-state index contributed by atoms with van der Waals surface area (Å²) >= 11 is 0. The van der Waals surface area contributed by atoms with E-state index in [1.807, 2.05) is 12.1 Å². The molecule has 6 heteroatoms. The third kappa shape index (κ3) is 5.28. The predicted octanol–water partition coefficient (Wildman–Crippen LogP) is 3.62. The molecule has 1 saturated heterocycles. The van der Waals surface area contributed by atoms with Gasteiger partial charge in [-0.1, -0.05) is 24.0 Å². The van der Waals surface area contributed by atoms with Gasteiger partial charge < -0.3 is 5.73 Å². The van der Waals surface area contributed by atoms with Crippen LogP contribution in [0.4, 0.5) is 15.8 Å². The largest absolute Gasteiger partial charge is 0.393 e. The van der Waals surface area contributed by atoms with E-state index in [1.54, 1.807) is 6.07 Å². The highest BCUT2D eigenvalue weighted by atomic mass is 19.1. The second-order valence-corrected chi connectivity index (χ2v) is 6.88. The first kappa shape index (κ1) is 18.9. The van der Waals surface area contributed by atoms with Crippen molar-refractivity contribution >= 4 is 11.4 Å². The SMILES string of the molecule is Nc1ccc(C#CCN2CCC(Cc3ccc(F)cc3)CC2)cc1[N+](=O)[O-]. The Morgan fingerprint density at radius 2 is 1.89 bits per heavy atom. The fourth-order valence-electron chi connectivity index (χ4n) is 3.34. The average molecular weight is 367 g/mol. The molecule has 27 heavy (non-hydrogen) atoms. The van der Waals surface area contributed by atoms with Gasteiger partial charge >= 0.3 is 0 Å². The highest BCUT2D eigenvalue weighted by Crippen LogP contribution is 2.23. The van der Waals surface area contributed by atoms with Crippen LogP contribution in [0, 0.1) is 33.7 Å². The Balaban J connectivity index is 1.49. The molecule has 2 N–H and O–H groups in total. The van der Waals surface area contributed by atoms with Gasteiger partial charge in [0.15, 0.2) is 0 Å². The lowest BCUT2D eigenvalue weighted by Gasteiger charge is -2.30. The van der Waals surface area contributed by atoms with Gasteiger partial charge in [-0.25, -0.2) is 4.39 Å². The van der Waals surface area contributed by atoms with Gasteiger partial charge in [-0.2, -0.15) is 0 Å². The summed E-state index contributed by atoms with van der Waals surface area (Å²) < 4.78 is 13.0. The van der Waals surface area contributed by atoms with E-state index in [2.05, 4.69) is 16.7 Å². The lowest BCUT2D eigenvalue weighted by atomic mass is 9.90. The molecular weight excluding hydrogens is 345 g/mol. The molecule has 0 amide bonds. The quantitative estimate of drug-likeness (QED) is 0.388. The van der Waals surface area contributed by atoms with Crippen molar-refractivity contribution in [3.8, 4) is 11.8 Å². The number of anilines is 1. The first-order valence-corrected chi connectivity index (χ1v) is 9.01.